The van der Waals surface area contributed by atoms with Gasteiger partial charge in [-0.3, -0.25) is 0 Å². The minimum absolute atomic E-state index is 0.603. The maximum absolute atomic E-state index is 10.9. The Morgan fingerprint density at radius 3 is 2.75 bits per heavy atom. The fourth-order valence-corrected chi connectivity index (χ4v) is 1.73. The molecule has 0 aromatic rings. The van der Waals surface area contributed by atoms with Gasteiger partial charge in [-0.1, -0.05) is 13.3 Å². The summed E-state index contributed by atoms with van der Waals surface area (Å²) < 4.78 is 5.37. The lowest BCUT2D eigenvalue weighted by Crippen LogP contribution is -2.44. The molecular weight excluding hydrogens is 156 g/mol. The molecule has 1 rings (SSSR count). The molecule has 0 radical (unpaired) electrons. The smallest absolute Gasteiger partial charge is 0.335 e. The molecule has 1 atom stereocenters. The highest BCUT2D eigenvalue weighted by Gasteiger charge is 2.39. The number of aliphatic carboxylic acids is 1. The summed E-state index contributed by atoms with van der Waals surface area (Å²) >= 11 is 0. The molecule has 1 unspecified atom stereocenters. The van der Waals surface area contributed by atoms with Gasteiger partial charge in [-0.2, -0.15) is 0 Å². The summed E-state index contributed by atoms with van der Waals surface area (Å²) in [4.78, 5) is 10.9. The van der Waals surface area contributed by atoms with Gasteiger partial charge in [0, 0.05) is 6.61 Å². The predicted molar refractivity (Wildman–Crippen MR) is 45.1 cm³/mol. The topological polar surface area (TPSA) is 46.5 Å². The van der Waals surface area contributed by atoms with Gasteiger partial charge in [-0.05, 0) is 25.7 Å². The average molecular weight is 172 g/mol. The zero-order valence-corrected chi connectivity index (χ0v) is 7.51. The molecule has 70 valence electrons. The van der Waals surface area contributed by atoms with Crippen molar-refractivity contribution in [3.63, 3.8) is 0 Å². The monoisotopic (exact) mass is 172 g/mol. The second-order valence-corrected chi connectivity index (χ2v) is 3.36. The number of hydrogen-bond acceptors (Lipinski definition) is 2. The molecule has 1 heterocycles. The molecule has 0 saturated carbocycles. The zero-order valence-electron chi connectivity index (χ0n) is 7.51. The third-order valence-corrected chi connectivity index (χ3v) is 2.40. The lowest BCUT2D eigenvalue weighted by Gasteiger charge is -2.32. The lowest BCUT2D eigenvalue weighted by molar-refractivity contribution is -0.173. The molecule has 0 bridgehead atoms. The zero-order chi connectivity index (χ0) is 9.03. The van der Waals surface area contributed by atoms with E-state index in [0.717, 1.165) is 19.3 Å². The summed E-state index contributed by atoms with van der Waals surface area (Å²) in [6.45, 7) is 2.59. The highest BCUT2D eigenvalue weighted by Crippen LogP contribution is 2.29. The molecule has 0 aromatic heterocycles. The van der Waals surface area contributed by atoms with E-state index in [2.05, 4.69) is 0 Å². The molecule has 1 aliphatic rings. The molecule has 0 spiro atoms. The van der Waals surface area contributed by atoms with E-state index in [9.17, 15) is 4.79 Å². The summed E-state index contributed by atoms with van der Waals surface area (Å²) in [6.07, 6.45) is 4.16. The van der Waals surface area contributed by atoms with Crippen molar-refractivity contribution in [1.82, 2.24) is 0 Å². The Morgan fingerprint density at radius 1 is 1.58 bits per heavy atom. The number of hydrogen-bond donors (Lipinski definition) is 1. The molecule has 3 heteroatoms. The largest absolute Gasteiger partial charge is 0.479 e. The van der Waals surface area contributed by atoms with Crippen molar-refractivity contribution >= 4 is 5.97 Å². The first kappa shape index (κ1) is 9.52. The van der Waals surface area contributed by atoms with Crippen LogP contribution in [0.5, 0.6) is 0 Å². The van der Waals surface area contributed by atoms with E-state index in [0.29, 0.717) is 19.4 Å². The summed E-state index contributed by atoms with van der Waals surface area (Å²) in [7, 11) is 0. The van der Waals surface area contributed by atoms with Gasteiger partial charge in [0.15, 0.2) is 5.60 Å². The Labute approximate surface area is 72.7 Å². The number of carboxylic acid groups (broad SMARTS) is 1. The first-order chi connectivity index (χ1) is 5.71. The van der Waals surface area contributed by atoms with E-state index in [1.807, 2.05) is 6.92 Å². The van der Waals surface area contributed by atoms with Crippen molar-refractivity contribution < 1.29 is 14.6 Å². The Balaban J connectivity index is 2.63. The number of rotatable bonds is 3. The van der Waals surface area contributed by atoms with Gasteiger partial charge in [0.25, 0.3) is 0 Å². The van der Waals surface area contributed by atoms with Crippen LogP contribution in [0.1, 0.15) is 39.0 Å². The molecule has 1 aliphatic heterocycles. The molecule has 1 N–H and O–H groups in total. The third kappa shape index (κ3) is 1.78. The average Bonchev–Trinajstić information content (AvgIpc) is 2.06. The molecule has 0 aliphatic carbocycles. The van der Waals surface area contributed by atoms with Gasteiger partial charge in [-0.25, -0.2) is 4.79 Å². The van der Waals surface area contributed by atoms with Gasteiger partial charge in [0.2, 0.25) is 0 Å². The second kappa shape index (κ2) is 3.90. The van der Waals surface area contributed by atoms with Crippen molar-refractivity contribution in [2.24, 2.45) is 0 Å². The number of ether oxygens (including phenoxy) is 1. The predicted octanol–water partition coefficient (Wildman–Crippen LogP) is 1.81. The van der Waals surface area contributed by atoms with E-state index in [1.54, 1.807) is 0 Å². The normalized spacial score (nSPS) is 30.1. The Morgan fingerprint density at radius 2 is 2.33 bits per heavy atom. The number of carbonyl (C=O) groups is 1. The number of carboxylic acids is 1. The summed E-state index contributed by atoms with van der Waals surface area (Å²) in [5, 5.41) is 8.99. The fraction of sp³-hybridized carbons (Fsp3) is 0.889. The van der Waals surface area contributed by atoms with Gasteiger partial charge in [0.1, 0.15) is 0 Å². The van der Waals surface area contributed by atoms with E-state index < -0.39 is 11.6 Å². The van der Waals surface area contributed by atoms with Crippen LogP contribution in [-0.2, 0) is 9.53 Å². The maximum Gasteiger partial charge on any atom is 0.335 e. The van der Waals surface area contributed by atoms with Crippen LogP contribution in [0.25, 0.3) is 0 Å². The molecule has 1 fully saturated rings. The SMILES string of the molecule is CCCC1(C(=O)O)CCCCO1. The second-order valence-electron chi connectivity index (χ2n) is 3.36. The van der Waals surface area contributed by atoms with Crippen LogP contribution in [0.15, 0.2) is 0 Å². The van der Waals surface area contributed by atoms with Crippen LogP contribution in [-0.4, -0.2) is 23.3 Å². The van der Waals surface area contributed by atoms with Crippen LogP contribution >= 0.6 is 0 Å². The molecule has 12 heavy (non-hydrogen) atoms. The van der Waals surface area contributed by atoms with E-state index in [1.165, 1.54) is 0 Å². The van der Waals surface area contributed by atoms with Crippen LogP contribution in [0.4, 0.5) is 0 Å². The summed E-state index contributed by atoms with van der Waals surface area (Å²) in [5.41, 5.74) is -0.854. The van der Waals surface area contributed by atoms with E-state index >= 15 is 0 Å². The lowest BCUT2D eigenvalue weighted by atomic mass is 9.89. The van der Waals surface area contributed by atoms with Crippen molar-refractivity contribution in [2.45, 2.75) is 44.6 Å². The van der Waals surface area contributed by atoms with Crippen molar-refractivity contribution in [3.05, 3.63) is 0 Å². The molecule has 3 nitrogen and oxygen atoms in total. The van der Waals surface area contributed by atoms with Crippen LogP contribution in [0, 0.1) is 0 Å². The van der Waals surface area contributed by atoms with Crippen LogP contribution in [0.3, 0.4) is 0 Å². The fourth-order valence-electron chi connectivity index (χ4n) is 1.73. The van der Waals surface area contributed by atoms with Crippen molar-refractivity contribution in [2.75, 3.05) is 6.61 Å². The minimum Gasteiger partial charge on any atom is -0.479 e. The van der Waals surface area contributed by atoms with Gasteiger partial charge >= 0.3 is 5.97 Å². The Bertz CT molecular complexity index is 154. The first-order valence-electron chi connectivity index (χ1n) is 4.58. The molecule has 1 saturated heterocycles. The first-order valence-corrected chi connectivity index (χ1v) is 4.58. The standard InChI is InChI=1S/C9H16O3/c1-2-5-9(8(10)11)6-3-4-7-12-9/h2-7H2,1H3,(H,10,11). The Hall–Kier alpha value is -0.570. The molecule has 0 aromatic carbocycles. The quantitative estimate of drug-likeness (QED) is 0.706. The Kier molecular flexibility index (Phi) is 3.09. The highest BCUT2D eigenvalue weighted by atomic mass is 16.5. The van der Waals surface area contributed by atoms with Gasteiger partial charge < -0.3 is 9.84 Å². The van der Waals surface area contributed by atoms with Crippen LogP contribution < -0.4 is 0 Å². The van der Waals surface area contributed by atoms with E-state index in [4.69, 9.17) is 9.84 Å². The van der Waals surface area contributed by atoms with E-state index in [-0.39, 0.29) is 0 Å². The minimum atomic E-state index is -0.854. The molecular formula is C9H16O3. The molecule has 0 amide bonds. The third-order valence-electron chi connectivity index (χ3n) is 2.40. The maximum atomic E-state index is 10.9. The van der Waals surface area contributed by atoms with Crippen LogP contribution in [0.2, 0.25) is 0 Å². The highest BCUT2D eigenvalue weighted by molar-refractivity contribution is 5.77. The summed E-state index contributed by atoms with van der Waals surface area (Å²) in [5.74, 6) is -0.788. The van der Waals surface area contributed by atoms with Crippen molar-refractivity contribution in [3.8, 4) is 0 Å². The van der Waals surface area contributed by atoms with Crippen molar-refractivity contribution in [1.29, 1.82) is 0 Å². The van der Waals surface area contributed by atoms with Gasteiger partial charge in [0.05, 0.1) is 0 Å². The van der Waals surface area contributed by atoms with Gasteiger partial charge in [-0.15, -0.1) is 0 Å². The summed E-state index contributed by atoms with van der Waals surface area (Å²) in [6, 6.07) is 0.